The van der Waals surface area contributed by atoms with E-state index in [9.17, 15) is 0 Å². The Balaban J connectivity index is 2.55. The van der Waals surface area contributed by atoms with E-state index in [1.807, 2.05) is 30.3 Å². The number of hydrogen-bond donors (Lipinski definition) is 0. The Morgan fingerprint density at radius 2 is 2.43 bits per heavy atom. The van der Waals surface area contributed by atoms with Gasteiger partial charge in [0, 0.05) is 10.6 Å². The fourth-order valence-electron chi connectivity index (χ4n) is 0.898. The standard InChI is InChI=1S/C10H10ClNOS/c1-13-9-3-2-4-10(5-9)14-7-8(11)6-12/h2-5,8H,7H2,1H3. The third-order valence-corrected chi connectivity index (χ3v) is 3.10. The molecular weight excluding hydrogens is 218 g/mol. The fourth-order valence-corrected chi connectivity index (χ4v) is 1.87. The lowest BCUT2D eigenvalue weighted by atomic mass is 10.3. The van der Waals surface area contributed by atoms with E-state index in [2.05, 4.69) is 0 Å². The van der Waals surface area contributed by atoms with E-state index in [0.29, 0.717) is 5.75 Å². The van der Waals surface area contributed by atoms with Crippen LogP contribution >= 0.6 is 23.4 Å². The van der Waals surface area contributed by atoms with Crippen molar-refractivity contribution in [2.24, 2.45) is 0 Å². The van der Waals surface area contributed by atoms with Gasteiger partial charge >= 0.3 is 0 Å². The number of halogens is 1. The number of nitriles is 1. The molecule has 0 aliphatic heterocycles. The molecule has 0 amide bonds. The second-order valence-corrected chi connectivity index (χ2v) is 4.21. The molecule has 1 atom stereocenters. The van der Waals surface area contributed by atoms with Crippen LogP contribution in [0, 0.1) is 11.3 Å². The summed E-state index contributed by atoms with van der Waals surface area (Å²) < 4.78 is 5.08. The minimum atomic E-state index is -0.439. The highest BCUT2D eigenvalue weighted by Crippen LogP contribution is 2.24. The molecule has 1 aromatic carbocycles. The molecule has 0 fully saturated rings. The Kier molecular flexibility index (Phi) is 4.64. The van der Waals surface area contributed by atoms with Gasteiger partial charge in [-0.2, -0.15) is 5.26 Å². The lowest BCUT2D eigenvalue weighted by molar-refractivity contribution is 0.413. The number of thioether (sulfide) groups is 1. The molecule has 14 heavy (non-hydrogen) atoms. The number of nitrogens with zero attached hydrogens (tertiary/aromatic N) is 1. The lowest BCUT2D eigenvalue weighted by Crippen LogP contribution is -1.96. The van der Waals surface area contributed by atoms with Crippen molar-refractivity contribution in [2.75, 3.05) is 12.9 Å². The van der Waals surface area contributed by atoms with E-state index in [1.54, 1.807) is 18.9 Å². The predicted octanol–water partition coefficient (Wildman–Crippen LogP) is 2.92. The van der Waals surface area contributed by atoms with Crippen molar-refractivity contribution < 1.29 is 4.74 Å². The third-order valence-electron chi connectivity index (χ3n) is 1.58. The van der Waals surface area contributed by atoms with Gasteiger partial charge in [-0.1, -0.05) is 6.07 Å². The summed E-state index contributed by atoms with van der Waals surface area (Å²) in [4.78, 5) is 1.06. The molecule has 0 heterocycles. The minimum Gasteiger partial charge on any atom is -0.497 e. The summed E-state index contributed by atoms with van der Waals surface area (Å²) in [6.45, 7) is 0. The summed E-state index contributed by atoms with van der Waals surface area (Å²) in [7, 11) is 1.63. The van der Waals surface area contributed by atoms with Crippen molar-refractivity contribution in [3.63, 3.8) is 0 Å². The quantitative estimate of drug-likeness (QED) is 0.586. The molecule has 0 aromatic heterocycles. The highest BCUT2D eigenvalue weighted by atomic mass is 35.5. The first-order valence-corrected chi connectivity index (χ1v) is 5.49. The zero-order valence-corrected chi connectivity index (χ0v) is 9.31. The van der Waals surface area contributed by atoms with Gasteiger partial charge in [0.1, 0.15) is 11.1 Å². The topological polar surface area (TPSA) is 33.0 Å². The minimum absolute atomic E-state index is 0.439. The molecule has 0 bridgehead atoms. The van der Waals surface area contributed by atoms with Crippen LogP contribution in [0.4, 0.5) is 0 Å². The van der Waals surface area contributed by atoms with Crippen molar-refractivity contribution in [2.45, 2.75) is 10.3 Å². The van der Waals surface area contributed by atoms with E-state index in [0.717, 1.165) is 10.6 Å². The first-order chi connectivity index (χ1) is 6.76. The van der Waals surface area contributed by atoms with Crippen molar-refractivity contribution in [1.29, 1.82) is 5.26 Å². The van der Waals surface area contributed by atoms with Crippen LogP contribution in [0.2, 0.25) is 0 Å². The Bertz CT molecular complexity index is 337. The van der Waals surface area contributed by atoms with Crippen LogP contribution in [0.15, 0.2) is 29.2 Å². The van der Waals surface area contributed by atoms with Gasteiger partial charge in [0.25, 0.3) is 0 Å². The number of ether oxygens (including phenoxy) is 1. The first-order valence-electron chi connectivity index (χ1n) is 4.07. The molecule has 0 saturated heterocycles. The van der Waals surface area contributed by atoms with E-state index >= 15 is 0 Å². The monoisotopic (exact) mass is 227 g/mol. The van der Waals surface area contributed by atoms with Crippen LogP contribution in [0.25, 0.3) is 0 Å². The second-order valence-electron chi connectivity index (χ2n) is 2.59. The first kappa shape index (κ1) is 11.2. The van der Waals surface area contributed by atoms with Gasteiger partial charge in [-0.25, -0.2) is 0 Å². The van der Waals surface area contributed by atoms with Gasteiger partial charge < -0.3 is 4.74 Å². The largest absolute Gasteiger partial charge is 0.497 e. The molecule has 0 aliphatic carbocycles. The zero-order valence-electron chi connectivity index (χ0n) is 7.74. The Morgan fingerprint density at radius 3 is 3.07 bits per heavy atom. The summed E-state index contributed by atoms with van der Waals surface area (Å²) in [5, 5.41) is 8.05. The van der Waals surface area contributed by atoms with Crippen molar-refractivity contribution in [1.82, 2.24) is 0 Å². The Labute approximate surface area is 92.8 Å². The predicted molar refractivity (Wildman–Crippen MR) is 59.0 cm³/mol. The van der Waals surface area contributed by atoms with Gasteiger partial charge in [-0.3, -0.25) is 0 Å². The SMILES string of the molecule is COc1cccc(SCC(Cl)C#N)c1. The van der Waals surface area contributed by atoms with Crippen molar-refractivity contribution in [3.05, 3.63) is 24.3 Å². The number of rotatable bonds is 4. The highest BCUT2D eigenvalue weighted by Gasteiger charge is 2.03. The maximum atomic E-state index is 8.49. The molecule has 0 saturated carbocycles. The van der Waals surface area contributed by atoms with Gasteiger partial charge in [0.2, 0.25) is 0 Å². The van der Waals surface area contributed by atoms with Gasteiger partial charge in [-0.05, 0) is 18.2 Å². The van der Waals surface area contributed by atoms with Gasteiger partial charge in [-0.15, -0.1) is 23.4 Å². The molecular formula is C10H10ClNOS. The Morgan fingerprint density at radius 1 is 1.64 bits per heavy atom. The van der Waals surface area contributed by atoms with Crippen LogP contribution in [0.5, 0.6) is 5.75 Å². The van der Waals surface area contributed by atoms with E-state index in [-0.39, 0.29) is 0 Å². The van der Waals surface area contributed by atoms with E-state index in [4.69, 9.17) is 21.6 Å². The number of methoxy groups -OCH3 is 1. The summed E-state index contributed by atoms with van der Waals surface area (Å²) in [5.74, 6) is 1.41. The molecule has 1 rings (SSSR count). The maximum Gasteiger partial charge on any atom is 0.129 e. The van der Waals surface area contributed by atoms with Crippen LogP contribution in [0.1, 0.15) is 0 Å². The van der Waals surface area contributed by atoms with Crippen LogP contribution in [0.3, 0.4) is 0 Å². The molecule has 0 radical (unpaired) electrons. The lowest BCUT2D eigenvalue weighted by Gasteiger charge is -2.03. The van der Waals surface area contributed by atoms with Crippen LogP contribution in [-0.4, -0.2) is 18.2 Å². The summed E-state index contributed by atoms with van der Waals surface area (Å²) in [6.07, 6.45) is 0. The summed E-state index contributed by atoms with van der Waals surface area (Å²) in [6, 6.07) is 9.66. The summed E-state index contributed by atoms with van der Waals surface area (Å²) in [5.41, 5.74) is 0. The second kappa shape index (κ2) is 5.79. The average Bonchev–Trinajstić information content (AvgIpc) is 2.26. The van der Waals surface area contributed by atoms with Crippen molar-refractivity contribution in [3.8, 4) is 11.8 Å². The normalized spacial score (nSPS) is 11.8. The maximum absolute atomic E-state index is 8.49. The van der Waals surface area contributed by atoms with E-state index < -0.39 is 5.38 Å². The number of alkyl halides is 1. The number of benzene rings is 1. The zero-order chi connectivity index (χ0) is 10.4. The fraction of sp³-hybridized carbons (Fsp3) is 0.300. The molecule has 1 aromatic rings. The van der Waals surface area contributed by atoms with Crippen LogP contribution in [-0.2, 0) is 0 Å². The molecule has 74 valence electrons. The number of hydrogen-bond acceptors (Lipinski definition) is 3. The van der Waals surface area contributed by atoms with Gasteiger partial charge in [0.05, 0.1) is 13.2 Å². The highest BCUT2D eigenvalue weighted by molar-refractivity contribution is 7.99. The smallest absolute Gasteiger partial charge is 0.129 e. The Hall–Kier alpha value is -0.850. The molecule has 4 heteroatoms. The van der Waals surface area contributed by atoms with Crippen LogP contribution < -0.4 is 4.74 Å². The molecule has 0 N–H and O–H groups in total. The third kappa shape index (κ3) is 3.49. The van der Waals surface area contributed by atoms with E-state index in [1.165, 1.54) is 0 Å². The van der Waals surface area contributed by atoms with Gasteiger partial charge in [0.15, 0.2) is 0 Å². The molecule has 2 nitrogen and oxygen atoms in total. The molecule has 1 unspecified atom stereocenters. The molecule has 0 spiro atoms. The van der Waals surface area contributed by atoms with Crippen molar-refractivity contribution >= 4 is 23.4 Å². The average molecular weight is 228 g/mol. The molecule has 0 aliphatic rings. The summed E-state index contributed by atoms with van der Waals surface area (Å²) >= 11 is 7.22.